The molecule has 2 N–H and O–H groups in total. The van der Waals surface area contributed by atoms with E-state index >= 15 is 0 Å². The van der Waals surface area contributed by atoms with Crippen molar-refractivity contribution in [3.05, 3.63) is 26.9 Å². The molecule has 0 spiro atoms. The number of rotatable bonds is 4. The molecule has 0 radical (unpaired) electrons. The summed E-state index contributed by atoms with van der Waals surface area (Å²) in [7, 11) is 0. The Bertz CT molecular complexity index is 396. The lowest BCUT2D eigenvalue weighted by molar-refractivity contribution is 0.132. The molecular formula is C13H19Br2N3. The van der Waals surface area contributed by atoms with Gasteiger partial charge in [-0.2, -0.15) is 0 Å². The molecule has 1 unspecified atom stereocenters. The van der Waals surface area contributed by atoms with Crippen LogP contribution in [0.3, 0.4) is 0 Å². The van der Waals surface area contributed by atoms with Gasteiger partial charge in [-0.3, -0.25) is 9.88 Å². The Balaban J connectivity index is 2.06. The molecule has 1 aromatic heterocycles. The van der Waals surface area contributed by atoms with Crippen molar-refractivity contribution in [3.8, 4) is 0 Å². The largest absolute Gasteiger partial charge is 0.330 e. The highest BCUT2D eigenvalue weighted by molar-refractivity contribution is 9.11. The predicted molar refractivity (Wildman–Crippen MR) is 81.4 cm³/mol. The smallest absolute Gasteiger partial charge is 0.0686 e. The first kappa shape index (κ1) is 14.4. The molecule has 1 fully saturated rings. The third-order valence-electron chi connectivity index (χ3n) is 3.49. The van der Waals surface area contributed by atoms with Gasteiger partial charge in [-0.05, 0) is 70.3 Å². The van der Waals surface area contributed by atoms with Crippen molar-refractivity contribution in [1.29, 1.82) is 0 Å². The standard InChI is InChI=1S/C13H19Br2N3/c14-10-7-12(15)13(17-8-10)9-18-6-2-1-3-11(18)4-5-16/h7-8,11H,1-6,9,16H2. The van der Waals surface area contributed by atoms with Crippen LogP contribution >= 0.6 is 31.9 Å². The fraction of sp³-hybridized carbons (Fsp3) is 0.615. The van der Waals surface area contributed by atoms with Gasteiger partial charge in [0, 0.05) is 27.7 Å². The minimum Gasteiger partial charge on any atom is -0.330 e. The van der Waals surface area contributed by atoms with Gasteiger partial charge in [0.05, 0.1) is 5.69 Å². The highest BCUT2D eigenvalue weighted by atomic mass is 79.9. The fourth-order valence-electron chi connectivity index (χ4n) is 2.54. The second-order valence-electron chi connectivity index (χ2n) is 4.78. The van der Waals surface area contributed by atoms with Crippen molar-refractivity contribution in [3.63, 3.8) is 0 Å². The molecule has 0 bridgehead atoms. The maximum absolute atomic E-state index is 5.71. The lowest BCUT2D eigenvalue weighted by Crippen LogP contribution is -2.40. The number of nitrogens with two attached hydrogens (primary N) is 1. The molecule has 5 heteroatoms. The lowest BCUT2D eigenvalue weighted by Gasteiger charge is -2.35. The molecule has 1 saturated heterocycles. The summed E-state index contributed by atoms with van der Waals surface area (Å²) >= 11 is 7.02. The molecule has 18 heavy (non-hydrogen) atoms. The fourth-order valence-corrected chi connectivity index (χ4v) is 3.65. The quantitative estimate of drug-likeness (QED) is 0.876. The number of pyridine rings is 1. The molecule has 3 nitrogen and oxygen atoms in total. The van der Waals surface area contributed by atoms with Crippen LogP contribution in [0.5, 0.6) is 0 Å². The summed E-state index contributed by atoms with van der Waals surface area (Å²) < 4.78 is 2.09. The van der Waals surface area contributed by atoms with Crippen molar-refractivity contribution >= 4 is 31.9 Å². The summed E-state index contributed by atoms with van der Waals surface area (Å²) in [5.41, 5.74) is 6.82. The maximum Gasteiger partial charge on any atom is 0.0686 e. The van der Waals surface area contributed by atoms with E-state index in [2.05, 4.69) is 47.8 Å². The van der Waals surface area contributed by atoms with Gasteiger partial charge in [0.25, 0.3) is 0 Å². The molecule has 0 aromatic carbocycles. The second kappa shape index (κ2) is 6.98. The highest BCUT2D eigenvalue weighted by Gasteiger charge is 2.22. The summed E-state index contributed by atoms with van der Waals surface area (Å²) in [5.74, 6) is 0. The average Bonchev–Trinajstić information content (AvgIpc) is 2.35. The third kappa shape index (κ3) is 3.76. The minimum atomic E-state index is 0.626. The van der Waals surface area contributed by atoms with Crippen molar-refractivity contribution in [1.82, 2.24) is 9.88 Å². The molecule has 0 aliphatic carbocycles. The van der Waals surface area contributed by atoms with Gasteiger partial charge in [0.15, 0.2) is 0 Å². The van der Waals surface area contributed by atoms with Gasteiger partial charge >= 0.3 is 0 Å². The summed E-state index contributed by atoms with van der Waals surface area (Å²) in [4.78, 5) is 7.02. The van der Waals surface area contributed by atoms with Crippen LogP contribution < -0.4 is 5.73 Å². The van der Waals surface area contributed by atoms with Crippen LogP contribution in [0.25, 0.3) is 0 Å². The molecule has 2 rings (SSSR count). The first-order chi connectivity index (χ1) is 8.70. The van der Waals surface area contributed by atoms with Crippen LogP contribution in [0.2, 0.25) is 0 Å². The Morgan fingerprint density at radius 1 is 1.39 bits per heavy atom. The number of aromatic nitrogens is 1. The summed E-state index contributed by atoms with van der Waals surface area (Å²) in [6.07, 6.45) is 6.84. The first-order valence-corrected chi connectivity index (χ1v) is 8.03. The van der Waals surface area contributed by atoms with Crippen molar-refractivity contribution in [2.75, 3.05) is 13.1 Å². The van der Waals surface area contributed by atoms with Crippen LogP contribution in [0.15, 0.2) is 21.2 Å². The molecule has 1 aliphatic rings. The Kier molecular flexibility index (Phi) is 5.60. The Labute approximate surface area is 125 Å². The highest BCUT2D eigenvalue weighted by Crippen LogP contribution is 2.25. The van der Waals surface area contributed by atoms with E-state index in [1.165, 1.54) is 19.3 Å². The van der Waals surface area contributed by atoms with Crippen LogP contribution in [-0.2, 0) is 6.54 Å². The van der Waals surface area contributed by atoms with Crippen molar-refractivity contribution < 1.29 is 0 Å². The van der Waals surface area contributed by atoms with Crippen LogP contribution in [0.4, 0.5) is 0 Å². The molecule has 1 aromatic rings. The molecular weight excluding hydrogens is 358 g/mol. The molecule has 1 aliphatic heterocycles. The van der Waals surface area contributed by atoms with E-state index < -0.39 is 0 Å². The van der Waals surface area contributed by atoms with Crippen molar-refractivity contribution in [2.24, 2.45) is 5.73 Å². The van der Waals surface area contributed by atoms with Crippen LogP contribution in [0, 0.1) is 0 Å². The molecule has 0 amide bonds. The van der Waals surface area contributed by atoms with Gasteiger partial charge in [0.1, 0.15) is 0 Å². The Hall–Kier alpha value is 0.0300. The molecule has 0 saturated carbocycles. The molecule has 1 atom stereocenters. The number of hydrogen-bond donors (Lipinski definition) is 1. The van der Waals surface area contributed by atoms with Gasteiger partial charge in [-0.25, -0.2) is 0 Å². The minimum absolute atomic E-state index is 0.626. The van der Waals surface area contributed by atoms with E-state index in [-0.39, 0.29) is 0 Å². The van der Waals surface area contributed by atoms with E-state index in [4.69, 9.17) is 5.73 Å². The Morgan fingerprint density at radius 2 is 2.22 bits per heavy atom. The zero-order valence-corrected chi connectivity index (χ0v) is 13.6. The van der Waals surface area contributed by atoms with E-state index in [1.54, 1.807) is 0 Å². The van der Waals surface area contributed by atoms with E-state index in [1.807, 2.05) is 6.20 Å². The van der Waals surface area contributed by atoms with Crippen LogP contribution in [0.1, 0.15) is 31.4 Å². The van der Waals surface area contributed by atoms with E-state index in [0.717, 1.165) is 40.7 Å². The van der Waals surface area contributed by atoms with Gasteiger partial charge in [-0.1, -0.05) is 6.42 Å². The van der Waals surface area contributed by atoms with Gasteiger partial charge in [-0.15, -0.1) is 0 Å². The maximum atomic E-state index is 5.71. The lowest BCUT2D eigenvalue weighted by atomic mass is 9.99. The topological polar surface area (TPSA) is 42.1 Å². The second-order valence-corrected chi connectivity index (χ2v) is 6.55. The number of likely N-dealkylation sites (tertiary alicyclic amines) is 1. The summed E-state index contributed by atoms with van der Waals surface area (Å²) in [6.45, 7) is 2.85. The SMILES string of the molecule is NCCC1CCCCN1Cc1ncc(Br)cc1Br. The summed E-state index contributed by atoms with van der Waals surface area (Å²) in [5, 5.41) is 0. The first-order valence-electron chi connectivity index (χ1n) is 6.44. The zero-order valence-electron chi connectivity index (χ0n) is 10.4. The monoisotopic (exact) mass is 375 g/mol. The summed E-state index contributed by atoms with van der Waals surface area (Å²) in [6, 6.07) is 2.69. The van der Waals surface area contributed by atoms with Gasteiger partial charge in [0.2, 0.25) is 0 Å². The normalized spacial score (nSPS) is 21.2. The predicted octanol–water partition coefficient (Wildman–Crippen LogP) is 3.31. The number of hydrogen-bond acceptors (Lipinski definition) is 3. The van der Waals surface area contributed by atoms with Crippen molar-refractivity contribution in [2.45, 2.75) is 38.3 Å². The average molecular weight is 377 g/mol. The van der Waals surface area contributed by atoms with Crippen LogP contribution in [-0.4, -0.2) is 29.0 Å². The molecule has 2 heterocycles. The zero-order chi connectivity index (χ0) is 13.0. The Morgan fingerprint density at radius 3 is 2.94 bits per heavy atom. The number of halogens is 2. The van der Waals surface area contributed by atoms with Gasteiger partial charge < -0.3 is 5.73 Å². The van der Waals surface area contributed by atoms with E-state index in [0.29, 0.717) is 6.04 Å². The third-order valence-corrected chi connectivity index (χ3v) is 4.61. The molecule has 100 valence electrons. The number of piperidine rings is 1. The van der Waals surface area contributed by atoms with E-state index in [9.17, 15) is 0 Å². The number of nitrogens with zero attached hydrogens (tertiary/aromatic N) is 2.